The Bertz CT molecular complexity index is 879. The van der Waals surface area contributed by atoms with E-state index in [1.807, 2.05) is 37.3 Å². The zero-order chi connectivity index (χ0) is 17.1. The van der Waals surface area contributed by atoms with Crippen LogP contribution in [0, 0.1) is 20.8 Å². The van der Waals surface area contributed by atoms with Crippen molar-refractivity contribution in [1.82, 2.24) is 15.2 Å². The highest BCUT2D eigenvalue weighted by atomic mass is 79.9. The molecule has 5 nitrogen and oxygen atoms in total. The van der Waals surface area contributed by atoms with E-state index in [-0.39, 0.29) is 0 Å². The number of hydrogen-bond donors (Lipinski definition) is 2. The van der Waals surface area contributed by atoms with Crippen LogP contribution in [0.3, 0.4) is 0 Å². The maximum atomic E-state index is 4.48. The normalized spacial score (nSPS) is 10.5. The molecule has 0 spiro atoms. The summed E-state index contributed by atoms with van der Waals surface area (Å²) >= 11 is 3.53. The zero-order valence-electron chi connectivity index (χ0n) is 13.8. The fourth-order valence-electron chi connectivity index (χ4n) is 2.24. The van der Waals surface area contributed by atoms with Gasteiger partial charge >= 0.3 is 0 Å². The van der Waals surface area contributed by atoms with E-state index in [9.17, 15) is 0 Å². The molecular weight excluding hydrogens is 366 g/mol. The summed E-state index contributed by atoms with van der Waals surface area (Å²) in [5.74, 6) is 1.09. The Morgan fingerprint density at radius 3 is 2.58 bits per heavy atom. The third-order valence-corrected chi connectivity index (χ3v) is 4.71. The number of rotatable bonds is 4. The van der Waals surface area contributed by atoms with Gasteiger partial charge in [-0.2, -0.15) is 10.1 Å². The van der Waals surface area contributed by atoms with Crippen LogP contribution in [0.5, 0.6) is 0 Å². The summed E-state index contributed by atoms with van der Waals surface area (Å²) in [6.45, 7) is 6.19. The highest BCUT2D eigenvalue weighted by Crippen LogP contribution is 2.24. The van der Waals surface area contributed by atoms with Gasteiger partial charge in [0, 0.05) is 15.8 Å². The number of nitrogens with zero attached hydrogens (tertiary/aromatic N) is 3. The fraction of sp³-hybridized carbons (Fsp3) is 0.167. The molecule has 0 amide bonds. The summed E-state index contributed by atoms with van der Waals surface area (Å²) < 4.78 is 1.04. The van der Waals surface area contributed by atoms with Gasteiger partial charge in [0.1, 0.15) is 0 Å². The van der Waals surface area contributed by atoms with Gasteiger partial charge in [-0.25, -0.2) is 0 Å². The van der Waals surface area contributed by atoms with E-state index in [0.29, 0.717) is 11.8 Å². The number of halogens is 1. The summed E-state index contributed by atoms with van der Waals surface area (Å²) in [7, 11) is 0. The Labute approximate surface area is 149 Å². The molecule has 24 heavy (non-hydrogen) atoms. The number of benzene rings is 2. The Balaban J connectivity index is 1.81. The van der Waals surface area contributed by atoms with Gasteiger partial charge in [0.05, 0.1) is 6.20 Å². The Morgan fingerprint density at radius 2 is 1.79 bits per heavy atom. The molecule has 0 unspecified atom stereocenters. The third kappa shape index (κ3) is 3.71. The molecule has 0 radical (unpaired) electrons. The van der Waals surface area contributed by atoms with Gasteiger partial charge in [-0.15, -0.1) is 5.10 Å². The molecule has 0 saturated carbocycles. The van der Waals surface area contributed by atoms with Gasteiger partial charge in [-0.3, -0.25) is 0 Å². The average molecular weight is 384 g/mol. The lowest BCUT2D eigenvalue weighted by molar-refractivity contribution is 0.981. The molecule has 0 bridgehead atoms. The van der Waals surface area contributed by atoms with Crippen molar-refractivity contribution in [3.05, 3.63) is 63.8 Å². The minimum atomic E-state index is 0.458. The molecule has 3 rings (SSSR count). The first-order valence-electron chi connectivity index (χ1n) is 7.59. The Morgan fingerprint density at radius 1 is 0.958 bits per heavy atom. The zero-order valence-corrected chi connectivity index (χ0v) is 15.3. The topological polar surface area (TPSA) is 62.7 Å². The van der Waals surface area contributed by atoms with Gasteiger partial charge in [-0.1, -0.05) is 34.1 Å². The van der Waals surface area contributed by atoms with Gasteiger partial charge < -0.3 is 10.6 Å². The maximum Gasteiger partial charge on any atom is 0.249 e. The van der Waals surface area contributed by atoms with E-state index in [2.05, 4.69) is 61.7 Å². The number of anilines is 4. The maximum absolute atomic E-state index is 4.48. The van der Waals surface area contributed by atoms with Crippen LogP contribution in [0.15, 0.2) is 47.1 Å². The van der Waals surface area contributed by atoms with Crippen molar-refractivity contribution < 1.29 is 0 Å². The Hall–Kier alpha value is -2.47. The second-order valence-electron chi connectivity index (χ2n) is 5.63. The van der Waals surface area contributed by atoms with Crippen molar-refractivity contribution in [1.29, 1.82) is 0 Å². The van der Waals surface area contributed by atoms with Crippen LogP contribution in [0.2, 0.25) is 0 Å². The largest absolute Gasteiger partial charge is 0.339 e. The average Bonchev–Trinajstić information content (AvgIpc) is 2.56. The third-order valence-electron chi connectivity index (χ3n) is 3.85. The van der Waals surface area contributed by atoms with Crippen LogP contribution in [0.4, 0.5) is 23.1 Å². The van der Waals surface area contributed by atoms with E-state index in [1.54, 1.807) is 6.20 Å². The van der Waals surface area contributed by atoms with Crippen molar-refractivity contribution in [2.75, 3.05) is 10.6 Å². The lowest BCUT2D eigenvalue weighted by Crippen LogP contribution is -2.03. The second-order valence-corrected chi connectivity index (χ2v) is 6.48. The molecule has 0 fully saturated rings. The van der Waals surface area contributed by atoms with E-state index in [4.69, 9.17) is 0 Å². The van der Waals surface area contributed by atoms with Crippen molar-refractivity contribution in [3.8, 4) is 0 Å². The summed E-state index contributed by atoms with van der Waals surface area (Å²) in [6, 6.07) is 12.1. The summed E-state index contributed by atoms with van der Waals surface area (Å²) in [5, 5.41) is 14.5. The monoisotopic (exact) mass is 383 g/mol. The van der Waals surface area contributed by atoms with Crippen molar-refractivity contribution in [2.24, 2.45) is 0 Å². The van der Waals surface area contributed by atoms with E-state index in [1.165, 1.54) is 16.7 Å². The number of nitrogens with one attached hydrogen (secondary N) is 2. The van der Waals surface area contributed by atoms with Crippen LogP contribution in [-0.2, 0) is 0 Å². The van der Waals surface area contributed by atoms with Crippen LogP contribution in [0.25, 0.3) is 0 Å². The number of hydrogen-bond acceptors (Lipinski definition) is 5. The molecule has 122 valence electrons. The van der Waals surface area contributed by atoms with Crippen LogP contribution in [0.1, 0.15) is 16.7 Å². The molecule has 0 aliphatic carbocycles. The van der Waals surface area contributed by atoms with Gasteiger partial charge in [0.2, 0.25) is 5.95 Å². The van der Waals surface area contributed by atoms with Crippen LogP contribution >= 0.6 is 15.9 Å². The molecule has 0 aliphatic heterocycles. The second kappa shape index (κ2) is 6.97. The van der Waals surface area contributed by atoms with E-state index >= 15 is 0 Å². The van der Waals surface area contributed by atoms with E-state index in [0.717, 1.165) is 15.8 Å². The quantitative estimate of drug-likeness (QED) is 0.659. The first-order chi connectivity index (χ1) is 11.5. The molecule has 2 N–H and O–H groups in total. The SMILES string of the molecule is Cc1ccc(Nc2cnnc(Nc3cccc(C)c3C)n2)cc1Br. The minimum absolute atomic E-state index is 0.458. The molecule has 1 aromatic heterocycles. The summed E-state index contributed by atoms with van der Waals surface area (Å²) in [6.07, 6.45) is 1.60. The molecule has 0 saturated heterocycles. The first kappa shape index (κ1) is 16.4. The van der Waals surface area contributed by atoms with Crippen molar-refractivity contribution in [2.45, 2.75) is 20.8 Å². The summed E-state index contributed by atoms with van der Waals surface area (Å²) in [5.41, 5.74) is 5.48. The van der Waals surface area contributed by atoms with Gasteiger partial charge in [-0.05, 0) is 55.7 Å². The van der Waals surface area contributed by atoms with Crippen molar-refractivity contribution >= 4 is 39.1 Å². The van der Waals surface area contributed by atoms with Gasteiger partial charge in [0.25, 0.3) is 0 Å². The van der Waals surface area contributed by atoms with Crippen LogP contribution < -0.4 is 10.6 Å². The van der Waals surface area contributed by atoms with Crippen molar-refractivity contribution in [3.63, 3.8) is 0 Å². The molecule has 1 heterocycles. The number of aromatic nitrogens is 3. The predicted octanol–water partition coefficient (Wildman–Crippen LogP) is 5.05. The first-order valence-corrected chi connectivity index (χ1v) is 8.38. The lowest BCUT2D eigenvalue weighted by atomic mass is 10.1. The molecule has 0 aliphatic rings. The highest BCUT2D eigenvalue weighted by Gasteiger charge is 2.06. The molecule has 0 atom stereocenters. The molecule has 3 aromatic rings. The van der Waals surface area contributed by atoms with Gasteiger partial charge in [0.15, 0.2) is 5.82 Å². The number of aryl methyl sites for hydroxylation is 2. The predicted molar refractivity (Wildman–Crippen MR) is 101 cm³/mol. The summed E-state index contributed by atoms with van der Waals surface area (Å²) in [4.78, 5) is 4.48. The molecule has 6 heteroatoms. The fourth-order valence-corrected chi connectivity index (χ4v) is 2.62. The molecule has 2 aromatic carbocycles. The minimum Gasteiger partial charge on any atom is -0.339 e. The van der Waals surface area contributed by atoms with Crippen LogP contribution in [-0.4, -0.2) is 15.2 Å². The standard InChI is InChI=1S/C18H18BrN5/c1-11-5-4-6-16(13(11)3)22-18-23-17(10-20-24-18)21-14-8-7-12(2)15(19)9-14/h4-10H,1-3H3,(H2,21,22,23,24). The lowest BCUT2D eigenvalue weighted by Gasteiger charge is -2.11. The molecular formula is C18H18BrN5. The highest BCUT2D eigenvalue weighted by molar-refractivity contribution is 9.10. The Kier molecular flexibility index (Phi) is 4.76. The smallest absolute Gasteiger partial charge is 0.249 e. The van der Waals surface area contributed by atoms with E-state index < -0.39 is 0 Å².